The zero-order valence-corrected chi connectivity index (χ0v) is 33.1. The van der Waals surface area contributed by atoms with E-state index in [0.29, 0.717) is 6.42 Å². The van der Waals surface area contributed by atoms with Gasteiger partial charge in [-0.25, -0.2) is 0 Å². The van der Waals surface area contributed by atoms with E-state index >= 15 is 0 Å². The molecule has 0 aromatic carbocycles. The molecule has 0 aromatic heterocycles. The molecule has 0 aliphatic carbocycles. The maximum absolute atomic E-state index is 12.4. The Balaban J connectivity index is 3.62. The number of carbonyl (C=O) groups excluding carboxylic acids is 1. The molecule has 292 valence electrons. The van der Waals surface area contributed by atoms with E-state index in [1.165, 1.54) is 186 Å². The largest absolute Gasteiger partial charge is 0.394 e. The molecular formula is C44H87NO4. The maximum atomic E-state index is 12.4. The van der Waals surface area contributed by atoms with Crippen LogP contribution in [0.15, 0.2) is 12.2 Å². The first kappa shape index (κ1) is 48.1. The third kappa shape index (κ3) is 36.7. The van der Waals surface area contributed by atoms with E-state index < -0.39 is 18.2 Å². The van der Waals surface area contributed by atoms with Crippen molar-refractivity contribution >= 4 is 5.91 Å². The van der Waals surface area contributed by atoms with Crippen molar-refractivity contribution in [3.63, 3.8) is 0 Å². The Morgan fingerprint density at radius 1 is 0.510 bits per heavy atom. The zero-order chi connectivity index (χ0) is 35.9. The van der Waals surface area contributed by atoms with E-state index in [0.717, 1.165) is 25.7 Å². The van der Waals surface area contributed by atoms with Crippen molar-refractivity contribution in [3.8, 4) is 0 Å². The second-order valence-electron chi connectivity index (χ2n) is 15.3. The molecular weight excluding hydrogens is 606 g/mol. The molecule has 0 fully saturated rings. The van der Waals surface area contributed by atoms with Gasteiger partial charge >= 0.3 is 0 Å². The van der Waals surface area contributed by atoms with Crippen molar-refractivity contribution in [2.75, 3.05) is 6.61 Å². The van der Waals surface area contributed by atoms with Gasteiger partial charge in [0.1, 0.15) is 0 Å². The molecule has 0 spiro atoms. The minimum Gasteiger partial charge on any atom is -0.394 e. The van der Waals surface area contributed by atoms with E-state index in [4.69, 9.17) is 0 Å². The summed E-state index contributed by atoms with van der Waals surface area (Å²) in [6.45, 7) is 4.22. The van der Waals surface area contributed by atoms with Crippen molar-refractivity contribution in [3.05, 3.63) is 12.2 Å². The predicted molar refractivity (Wildman–Crippen MR) is 213 cm³/mol. The SMILES string of the molecule is CCCCCCCCCCCCCCCCCCCCCC/C=C/C(O)C(CO)NC(=O)CC(O)CCCCCCCCCCCCCC. The van der Waals surface area contributed by atoms with Gasteiger partial charge in [-0.15, -0.1) is 0 Å². The monoisotopic (exact) mass is 694 g/mol. The van der Waals surface area contributed by atoms with Gasteiger partial charge < -0.3 is 20.6 Å². The van der Waals surface area contributed by atoms with Gasteiger partial charge in [-0.1, -0.05) is 225 Å². The van der Waals surface area contributed by atoms with Crippen LogP contribution in [0.5, 0.6) is 0 Å². The summed E-state index contributed by atoms with van der Waals surface area (Å²) in [5.41, 5.74) is 0. The number of hydrogen-bond donors (Lipinski definition) is 4. The Hall–Kier alpha value is -0.910. The van der Waals surface area contributed by atoms with Crippen LogP contribution >= 0.6 is 0 Å². The molecule has 0 saturated carbocycles. The molecule has 0 aromatic rings. The molecule has 3 atom stereocenters. The van der Waals surface area contributed by atoms with Crippen molar-refractivity contribution < 1.29 is 20.1 Å². The number of carbonyl (C=O) groups is 1. The van der Waals surface area contributed by atoms with Crippen LogP contribution in [0, 0.1) is 0 Å². The molecule has 0 aliphatic rings. The Morgan fingerprint density at radius 3 is 1.18 bits per heavy atom. The van der Waals surface area contributed by atoms with Crippen LogP contribution in [0.3, 0.4) is 0 Å². The van der Waals surface area contributed by atoms with Gasteiger partial charge in [-0.2, -0.15) is 0 Å². The van der Waals surface area contributed by atoms with Gasteiger partial charge in [0, 0.05) is 0 Å². The maximum Gasteiger partial charge on any atom is 0.222 e. The Labute approximate surface area is 306 Å². The standard InChI is InChI=1S/C44H87NO4/c1-3-5-7-9-11-13-15-17-18-19-20-21-22-23-24-25-26-28-30-32-34-36-38-43(48)42(40-46)45-44(49)39-41(47)37-35-33-31-29-27-16-14-12-10-8-6-4-2/h36,38,41-43,46-48H,3-35,37,39-40H2,1-2H3,(H,45,49)/b38-36+. The summed E-state index contributed by atoms with van der Waals surface area (Å²) in [6, 6.07) is -0.738. The van der Waals surface area contributed by atoms with Crippen molar-refractivity contribution in [2.24, 2.45) is 0 Å². The van der Waals surface area contributed by atoms with Gasteiger partial charge in [0.25, 0.3) is 0 Å². The van der Waals surface area contributed by atoms with E-state index in [-0.39, 0.29) is 18.9 Å². The molecule has 3 unspecified atom stereocenters. The van der Waals surface area contributed by atoms with Gasteiger partial charge in [-0.3, -0.25) is 4.79 Å². The van der Waals surface area contributed by atoms with Crippen LogP contribution in [-0.4, -0.2) is 46.1 Å². The molecule has 5 nitrogen and oxygen atoms in total. The fraction of sp³-hybridized carbons (Fsp3) is 0.932. The number of rotatable bonds is 40. The number of hydrogen-bond acceptors (Lipinski definition) is 4. The average Bonchev–Trinajstić information content (AvgIpc) is 3.09. The lowest BCUT2D eigenvalue weighted by molar-refractivity contribution is -0.124. The summed E-state index contributed by atoms with van der Waals surface area (Å²) in [5, 5.41) is 33.2. The highest BCUT2D eigenvalue weighted by molar-refractivity contribution is 5.76. The van der Waals surface area contributed by atoms with Crippen LogP contribution in [0.1, 0.15) is 239 Å². The number of unbranched alkanes of at least 4 members (excludes halogenated alkanes) is 31. The lowest BCUT2D eigenvalue weighted by Gasteiger charge is -2.21. The zero-order valence-electron chi connectivity index (χ0n) is 33.1. The molecule has 0 aliphatic heterocycles. The van der Waals surface area contributed by atoms with Gasteiger partial charge in [0.05, 0.1) is 31.3 Å². The Bertz CT molecular complexity index is 684. The molecule has 0 saturated heterocycles. The average molecular weight is 694 g/mol. The second-order valence-corrected chi connectivity index (χ2v) is 15.3. The van der Waals surface area contributed by atoms with Crippen molar-refractivity contribution in [1.29, 1.82) is 0 Å². The summed E-state index contributed by atoms with van der Waals surface area (Å²) < 4.78 is 0. The minimum atomic E-state index is -0.924. The summed E-state index contributed by atoms with van der Waals surface area (Å²) in [7, 11) is 0. The van der Waals surface area contributed by atoms with Gasteiger partial charge in [-0.05, 0) is 19.3 Å². The first-order chi connectivity index (χ1) is 24.0. The first-order valence-corrected chi connectivity index (χ1v) is 22.0. The fourth-order valence-electron chi connectivity index (χ4n) is 6.93. The summed E-state index contributed by atoms with van der Waals surface area (Å²) in [4.78, 5) is 12.4. The van der Waals surface area contributed by atoms with Crippen LogP contribution < -0.4 is 5.32 Å². The predicted octanol–water partition coefficient (Wildman–Crippen LogP) is 12.4. The van der Waals surface area contributed by atoms with E-state index in [1.54, 1.807) is 6.08 Å². The highest BCUT2D eigenvalue weighted by Gasteiger charge is 2.20. The number of aliphatic hydroxyl groups is 3. The molecule has 1 amide bonds. The smallest absolute Gasteiger partial charge is 0.222 e. The quantitative estimate of drug-likeness (QED) is 0.0380. The third-order valence-corrected chi connectivity index (χ3v) is 10.3. The van der Waals surface area contributed by atoms with E-state index in [2.05, 4.69) is 19.2 Å². The summed E-state index contributed by atoms with van der Waals surface area (Å²) in [5.74, 6) is -0.313. The van der Waals surface area contributed by atoms with Crippen LogP contribution in [0.2, 0.25) is 0 Å². The highest BCUT2D eigenvalue weighted by Crippen LogP contribution is 2.16. The van der Waals surface area contributed by atoms with E-state index in [9.17, 15) is 20.1 Å². The third-order valence-electron chi connectivity index (χ3n) is 10.3. The first-order valence-electron chi connectivity index (χ1n) is 22.0. The van der Waals surface area contributed by atoms with Gasteiger partial charge in [0.2, 0.25) is 5.91 Å². The minimum absolute atomic E-state index is 0.0182. The number of nitrogens with one attached hydrogen (secondary N) is 1. The topological polar surface area (TPSA) is 89.8 Å². The summed E-state index contributed by atoms with van der Waals surface area (Å²) >= 11 is 0. The lowest BCUT2D eigenvalue weighted by atomic mass is 10.0. The van der Waals surface area contributed by atoms with Crippen molar-refractivity contribution in [2.45, 2.75) is 257 Å². The Kier molecular flexibility index (Phi) is 39.1. The van der Waals surface area contributed by atoms with Gasteiger partial charge in [0.15, 0.2) is 0 Å². The number of aliphatic hydroxyl groups excluding tert-OH is 3. The highest BCUT2D eigenvalue weighted by atomic mass is 16.3. The molecule has 49 heavy (non-hydrogen) atoms. The fourth-order valence-corrected chi connectivity index (χ4v) is 6.93. The van der Waals surface area contributed by atoms with Crippen molar-refractivity contribution in [1.82, 2.24) is 5.32 Å². The molecule has 0 radical (unpaired) electrons. The molecule has 5 heteroatoms. The Morgan fingerprint density at radius 2 is 0.837 bits per heavy atom. The molecule has 0 heterocycles. The second kappa shape index (κ2) is 39.9. The van der Waals surface area contributed by atoms with E-state index in [1.807, 2.05) is 6.08 Å². The molecule has 0 rings (SSSR count). The number of amides is 1. The normalized spacial score (nSPS) is 13.7. The summed E-state index contributed by atoms with van der Waals surface area (Å²) in [6.07, 6.45) is 46.4. The number of allylic oxidation sites excluding steroid dienone is 1. The molecule has 4 N–H and O–H groups in total. The molecule has 0 bridgehead atoms. The van der Waals surface area contributed by atoms with Crippen LogP contribution in [-0.2, 0) is 4.79 Å². The lowest BCUT2D eigenvalue weighted by Crippen LogP contribution is -2.45. The van der Waals surface area contributed by atoms with Crippen LogP contribution in [0.25, 0.3) is 0 Å². The van der Waals surface area contributed by atoms with Crippen LogP contribution in [0.4, 0.5) is 0 Å².